The van der Waals surface area contributed by atoms with Crippen molar-refractivity contribution in [2.24, 2.45) is 17.3 Å². The number of benzene rings is 1. The molecule has 1 heterocycles. The molecule has 1 aromatic rings. The van der Waals surface area contributed by atoms with E-state index in [-0.39, 0.29) is 41.4 Å². The molecule has 1 aromatic carbocycles. The Bertz CT molecular complexity index is 597. The molecule has 1 saturated carbocycles. The Morgan fingerprint density at radius 1 is 1.15 bits per heavy atom. The maximum Gasteiger partial charge on any atom is 0.234 e. The number of hydrogen-bond donors (Lipinski definition) is 0. The lowest BCUT2D eigenvalue weighted by molar-refractivity contribution is -0.142. The van der Waals surface area contributed by atoms with Gasteiger partial charge in [-0.2, -0.15) is 0 Å². The van der Waals surface area contributed by atoms with Crippen molar-refractivity contribution < 1.29 is 18.8 Å². The van der Waals surface area contributed by atoms with Gasteiger partial charge in [0.25, 0.3) is 0 Å². The van der Waals surface area contributed by atoms with Gasteiger partial charge in [-0.15, -0.1) is 0 Å². The Balaban J connectivity index is 1.74. The highest BCUT2D eigenvalue weighted by Crippen LogP contribution is 2.63. The largest absolute Gasteiger partial charge is 0.292 e. The van der Waals surface area contributed by atoms with Crippen LogP contribution in [0.3, 0.4) is 0 Å². The highest BCUT2D eigenvalue weighted by Gasteiger charge is 2.72. The molecular weight excluding hydrogens is 261 g/mol. The summed E-state index contributed by atoms with van der Waals surface area (Å²) in [6, 6.07) is 5.07. The Morgan fingerprint density at radius 3 is 2.15 bits per heavy atom. The van der Waals surface area contributed by atoms with Crippen LogP contribution in [0.5, 0.6) is 0 Å². The summed E-state index contributed by atoms with van der Waals surface area (Å²) in [5.41, 5.74) is 0.0238. The van der Waals surface area contributed by atoms with E-state index >= 15 is 0 Å². The number of piperidine rings is 1. The number of hydrogen-bond acceptors (Lipinski definition) is 3. The van der Waals surface area contributed by atoms with Gasteiger partial charge < -0.3 is 0 Å². The average Bonchev–Trinajstić information content (AvgIpc) is 2.87. The van der Waals surface area contributed by atoms with Crippen molar-refractivity contribution in [2.75, 3.05) is 6.54 Å². The van der Waals surface area contributed by atoms with E-state index in [1.165, 1.54) is 24.3 Å². The Labute approximate surface area is 115 Å². The van der Waals surface area contributed by atoms with Gasteiger partial charge in [-0.25, -0.2) is 4.39 Å². The summed E-state index contributed by atoms with van der Waals surface area (Å²) >= 11 is 0. The summed E-state index contributed by atoms with van der Waals surface area (Å²) in [6.45, 7) is 3.51. The van der Waals surface area contributed by atoms with E-state index in [0.29, 0.717) is 5.56 Å². The van der Waals surface area contributed by atoms with Crippen LogP contribution in [-0.2, 0) is 9.59 Å². The summed E-state index contributed by atoms with van der Waals surface area (Å²) in [6.07, 6.45) is 0. The van der Waals surface area contributed by atoms with Gasteiger partial charge >= 0.3 is 0 Å². The van der Waals surface area contributed by atoms with E-state index < -0.39 is 5.82 Å². The Morgan fingerprint density at radius 2 is 1.65 bits per heavy atom. The van der Waals surface area contributed by atoms with Crippen molar-refractivity contribution in [2.45, 2.75) is 13.8 Å². The molecule has 1 saturated heterocycles. The first-order valence-electron chi connectivity index (χ1n) is 6.48. The zero-order chi connectivity index (χ0) is 14.7. The van der Waals surface area contributed by atoms with E-state index in [1.54, 1.807) is 0 Å². The minimum Gasteiger partial charge on any atom is -0.292 e. The van der Waals surface area contributed by atoms with Gasteiger partial charge in [0, 0.05) is 5.56 Å². The Kier molecular flexibility index (Phi) is 2.58. The number of rotatable bonds is 3. The molecule has 0 N–H and O–H groups in total. The molecule has 20 heavy (non-hydrogen) atoms. The lowest BCUT2D eigenvalue weighted by Gasteiger charge is -2.19. The minimum absolute atomic E-state index is 0.258. The molecule has 3 rings (SSSR count). The Hall–Kier alpha value is -2.04. The fourth-order valence-corrected chi connectivity index (χ4v) is 3.03. The van der Waals surface area contributed by atoms with Crippen molar-refractivity contribution in [3.8, 4) is 0 Å². The van der Waals surface area contributed by atoms with E-state index in [4.69, 9.17) is 0 Å². The number of nitrogens with zero attached hydrogens (tertiary/aromatic N) is 1. The van der Waals surface area contributed by atoms with E-state index in [9.17, 15) is 18.8 Å². The van der Waals surface area contributed by atoms with Crippen molar-refractivity contribution >= 4 is 17.6 Å². The predicted molar refractivity (Wildman–Crippen MR) is 68.2 cm³/mol. The van der Waals surface area contributed by atoms with Gasteiger partial charge in [-0.05, 0) is 29.7 Å². The van der Waals surface area contributed by atoms with Crippen LogP contribution in [0.4, 0.5) is 4.39 Å². The maximum atomic E-state index is 12.8. The SMILES string of the molecule is CC1(C)C2C(=O)N(CC(=O)c3ccc(F)cc3)C(=O)C21. The van der Waals surface area contributed by atoms with Crippen LogP contribution in [0.25, 0.3) is 0 Å². The molecule has 5 heteroatoms. The summed E-state index contributed by atoms with van der Waals surface area (Å²) in [5.74, 6) is -1.88. The van der Waals surface area contributed by atoms with Gasteiger partial charge in [0.2, 0.25) is 11.8 Å². The fraction of sp³-hybridized carbons (Fsp3) is 0.400. The number of carbonyl (C=O) groups is 3. The molecule has 2 atom stereocenters. The minimum atomic E-state index is -0.433. The van der Waals surface area contributed by atoms with Gasteiger partial charge in [0.05, 0.1) is 18.4 Å². The molecule has 2 aliphatic rings. The molecule has 1 aliphatic carbocycles. The molecule has 0 bridgehead atoms. The quantitative estimate of drug-likeness (QED) is 0.622. The number of carbonyl (C=O) groups excluding carboxylic acids is 3. The van der Waals surface area contributed by atoms with Crippen LogP contribution in [0.1, 0.15) is 24.2 Å². The molecule has 4 nitrogen and oxygen atoms in total. The summed E-state index contributed by atoms with van der Waals surface area (Å²) in [7, 11) is 0. The molecule has 2 unspecified atom stereocenters. The lowest BCUT2D eigenvalue weighted by Crippen LogP contribution is -2.39. The smallest absolute Gasteiger partial charge is 0.234 e. The molecular formula is C15H14FNO3. The topological polar surface area (TPSA) is 54.5 Å². The van der Waals surface area contributed by atoms with Crippen LogP contribution in [0.2, 0.25) is 0 Å². The molecule has 0 radical (unpaired) electrons. The van der Waals surface area contributed by atoms with E-state index in [2.05, 4.69) is 0 Å². The molecule has 1 aliphatic heterocycles. The van der Waals surface area contributed by atoms with Gasteiger partial charge in [-0.3, -0.25) is 19.3 Å². The van der Waals surface area contributed by atoms with Crippen LogP contribution in [-0.4, -0.2) is 29.0 Å². The lowest BCUT2D eigenvalue weighted by atomic mass is 10.0. The summed E-state index contributed by atoms with van der Waals surface area (Å²) in [4.78, 5) is 37.2. The third kappa shape index (κ3) is 1.69. The molecule has 0 spiro atoms. The predicted octanol–water partition coefficient (Wildman–Crippen LogP) is 1.65. The zero-order valence-electron chi connectivity index (χ0n) is 11.2. The average molecular weight is 275 g/mol. The highest BCUT2D eigenvalue weighted by atomic mass is 19.1. The number of ketones is 1. The van der Waals surface area contributed by atoms with Crippen molar-refractivity contribution in [3.05, 3.63) is 35.6 Å². The maximum absolute atomic E-state index is 12.8. The number of amides is 2. The van der Waals surface area contributed by atoms with E-state index in [0.717, 1.165) is 4.90 Å². The standard InChI is InChI=1S/C15H14FNO3/c1-15(2)11-12(15)14(20)17(13(11)19)7-10(18)8-3-5-9(16)6-4-8/h3-6,11-12H,7H2,1-2H3. The molecule has 2 fully saturated rings. The summed E-state index contributed by atoms with van der Waals surface area (Å²) < 4.78 is 12.8. The second-order valence-corrected chi connectivity index (χ2v) is 5.97. The van der Waals surface area contributed by atoms with Crippen LogP contribution < -0.4 is 0 Å². The van der Waals surface area contributed by atoms with Crippen LogP contribution >= 0.6 is 0 Å². The normalized spacial score (nSPS) is 26.6. The van der Waals surface area contributed by atoms with Crippen LogP contribution in [0.15, 0.2) is 24.3 Å². The first-order chi connectivity index (χ1) is 9.34. The summed E-state index contributed by atoms with van der Waals surface area (Å²) in [5, 5.41) is 0. The number of halogens is 1. The van der Waals surface area contributed by atoms with Crippen molar-refractivity contribution in [1.29, 1.82) is 0 Å². The highest BCUT2D eigenvalue weighted by molar-refractivity contribution is 6.13. The van der Waals surface area contributed by atoms with Gasteiger partial charge in [-0.1, -0.05) is 13.8 Å². The molecule has 2 amide bonds. The molecule has 0 aromatic heterocycles. The fourth-order valence-electron chi connectivity index (χ4n) is 3.03. The second-order valence-electron chi connectivity index (χ2n) is 5.97. The zero-order valence-corrected chi connectivity index (χ0v) is 11.2. The third-order valence-corrected chi connectivity index (χ3v) is 4.36. The monoisotopic (exact) mass is 275 g/mol. The first-order valence-corrected chi connectivity index (χ1v) is 6.48. The number of likely N-dealkylation sites (tertiary alicyclic amines) is 1. The number of fused-ring (bicyclic) bond motifs is 1. The van der Waals surface area contributed by atoms with E-state index in [1.807, 2.05) is 13.8 Å². The van der Waals surface area contributed by atoms with Crippen LogP contribution in [0, 0.1) is 23.1 Å². The van der Waals surface area contributed by atoms with Crippen molar-refractivity contribution in [3.63, 3.8) is 0 Å². The first kappa shape index (κ1) is 13.0. The second kappa shape index (κ2) is 3.98. The third-order valence-electron chi connectivity index (χ3n) is 4.36. The van der Waals surface area contributed by atoms with Crippen molar-refractivity contribution in [1.82, 2.24) is 4.90 Å². The number of imide groups is 1. The molecule has 104 valence electrons. The number of Topliss-reactive ketones (excluding diaryl/α,β-unsaturated/α-hetero) is 1. The van der Waals surface area contributed by atoms with Gasteiger partial charge in [0.1, 0.15) is 5.82 Å². The van der Waals surface area contributed by atoms with Gasteiger partial charge in [0.15, 0.2) is 5.78 Å².